The molecule has 0 aromatic rings. The molecule has 17 nitrogen and oxygen atoms in total. The van der Waals surface area contributed by atoms with Crippen molar-refractivity contribution in [3.8, 4) is 0 Å². The number of rotatable bonds is 70. The van der Waals surface area contributed by atoms with Gasteiger partial charge in [-0.1, -0.05) is 311 Å². The van der Waals surface area contributed by atoms with Gasteiger partial charge in [-0.15, -0.1) is 0 Å². The zero-order chi connectivity index (χ0) is 65.6. The monoisotopic (exact) mass is 1310 g/mol. The van der Waals surface area contributed by atoms with Crippen LogP contribution in [0.5, 0.6) is 0 Å². The Kier molecular flexibility index (Phi) is 62.1. The molecule has 2 unspecified atom stereocenters. The lowest BCUT2D eigenvalue weighted by Gasteiger charge is -2.21. The number of hydrogen-bond acceptors (Lipinski definition) is 15. The molecule has 0 aliphatic heterocycles. The smallest absolute Gasteiger partial charge is 0.462 e. The number of phosphoric acid groups is 2. The number of aliphatic hydroxyl groups excluding tert-OH is 1. The van der Waals surface area contributed by atoms with Gasteiger partial charge in [0, 0.05) is 25.7 Å². The summed E-state index contributed by atoms with van der Waals surface area (Å²) in [4.78, 5) is 72.5. The lowest BCUT2D eigenvalue weighted by atomic mass is 10.0. The van der Waals surface area contributed by atoms with Gasteiger partial charge in [-0.05, 0) is 31.6 Å². The Balaban J connectivity index is 5.25. The first-order chi connectivity index (χ1) is 43.0. The second-order valence-corrected chi connectivity index (χ2v) is 28.7. The third-order valence-corrected chi connectivity index (χ3v) is 18.2. The maximum atomic E-state index is 13.0. The van der Waals surface area contributed by atoms with Crippen LogP contribution in [0, 0.1) is 5.92 Å². The molecule has 0 aliphatic carbocycles. The number of carbonyl (C=O) groups is 4. The largest absolute Gasteiger partial charge is 0.472 e. The summed E-state index contributed by atoms with van der Waals surface area (Å²) in [5.41, 5.74) is 0. The van der Waals surface area contributed by atoms with Crippen LogP contribution in [0.3, 0.4) is 0 Å². The van der Waals surface area contributed by atoms with Gasteiger partial charge in [-0.25, -0.2) is 9.13 Å². The van der Waals surface area contributed by atoms with E-state index in [4.69, 9.17) is 37.0 Å². The maximum Gasteiger partial charge on any atom is 0.472 e. The average molecular weight is 1310 g/mol. The number of ether oxygens (including phenoxy) is 4. The molecule has 19 heteroatoms. The van der Waals surface area contributed by atoms with Crippen LogP contribution in [0.1, 0.15) is 362 Å². The van der Waals surface area contributed by atoms with Gasteiger partial charge >= 0.3 is 39.5 Å². The molecule has 0 amide bonds. The fraction of sp³-hybridized carbons (Fsp3) is 0.943. The van der Waals surface area contributed by atoms with Crippen molar-refractivity contribution in [2.24, 2.45) is 5.92 Å². The third kappa shape index (κ3) is 64.6. The van der Waals surface area contributed by atoms with Crippen molar-refractivity contribution in [3.63, 3.8) is 0 Å². The van der Waals surface area contributed by atoms with Gasteiger partial charge in [0.1, 0.15) is 19.3 Å². The Labute approximate surface area is 543 Å². The first-order valence-electron chi connectivity index (χ1n) is 36.6. The van der Waals surface area contributed by atoms with Gasteiger partial charge < -0.3 is 33.8 Å². The van der Waals surface area contributed by atoms with Gasteiger partial charge in [0.2, 0.25) is 0 Å². The summed E-state index contributed by atoms with van der Waals surface area (Å²) in [7, 11) is -9.90. The number of carbonyl (C=O) groups excluding carboxylic acids is 4. The molecule has 0 heterocycles. The summed E-state index contributed by atoms with van der Waals surface area (Å²) in [5, 5.41) is 10.6. The van der Waals surface area contributed by atoms with Crippen LogP contribution < -0.4 is 0 Å². The molecule has 0 bridgehead atoms. The molecule has 0 saturated carbocycles. The molecule has 0 spiro atoms. The first kappa shape index (κ1) is 87.1. The molecule has 0 aromatic carbocycles. The second-order valence-electron chi connectivity index (χ2n) is 25.7. The summed E-state index contributed by atoms with van der Waals surface area (Å²) in [6.45, 7) is 7.25. The molecular weight excluding hydrogens is 1170 g/mol. The van der Waals surface area contributed by atoms with E-state index in [0.29, 0.717) is 25.7 Å². The first-order valence-corrected chi connectivity index (χ1v) is 39.6. The number of hydrogen-bond donors (Lipinski definition) is 3. The molecule has 3 N–H and O–H groups in total. The van der Waals surface area contributed by atoms with Crippen molar-refractivity contribution >= 4 is 39.5 Å². The van der Waals surface area contributed by atoms with Crippen LogP contribution in [-0.2, 0) is 65.4 Å². The van der Waals surface area contributed by atoms with Gasteiger partial charge in [-0.2, -0.15) is 0 Å². The summed E-state index contributed by atoms with van der Waals surface area (Å²) in [6, 6.07) is 0. The van der Waals surface area contributed by atoms with Crippen molar-refractivity contribution < 1.29 is 80.2 Å². The lowest BCUT2D eigenvalue weighted by Crippen LogP contribution is -2.30. The molecule has 89 heavy (non-hydrogen) atoms. The topological polar surface area (TPSA) is 237 Å². The molecule has 0 saturated heterocycles. The standard InChI is InChI=1S/C70H136O17P2/c1-6-9-12-15-18-21-24-25-30-34-39-44-49-54-68(73)81-60-66(87-70(75)56-51-46-41-36-31-26-29-32-37-42-47-52-63(4)5)62-85-89(78,79)83-58-64(71)57-82-88(76,77)84-61-65(86-69(74)55-50-45-40-35-28-23-20-17-14-11-8-3)59-80-67(72)53-48-43-38-33-27-22-19-16-13-10-7-2/h63-66,71H,6-62H2,1-5H3,(H,76,77)(H,78,79)/t64-,65+,66+/m0/s1. The van der Waals surface area contributed by atoms with Crippen LogP contribution in [-0.4, -0.2) is 96.7 Å². The van der Waals surface area contributed by atoms with E-state index < -0.39 is 97.5 Å². The van der Waals surface area contributed by atoms with Gasteiger partial charge in [0.05, 0.1) is 26.4 Å². The summed E-state index contributed by atoms with van der Waals surface area (Å²) < 4.78 is 68.3. The average Bonchev–Trinajstić information content (AvgIpc) is 3.56. The quantitative estimate of drug-likeness (QED) is 0.0222. The van der Waals surface area contributed by atoms with Crippen molar-refractivity contribution in [1.29, 1.82) is 0 Å². The number of aliphatic hydroxyl groups is 1. The van der Waals surface area contributed by atoms with Gasteiger partial charge in [-0.3, -0.25) is 37.3 Å². The predicted octanol–water partition coefficient (Wildman–Crippen LogP) is 20.1. The highest BCUT2D eigenvalue weighted by molar-refractivity contribution is 7.47. The van der Waals surface area contributed by atoms with E-state index in [2.05, 4.69) is 34.6 Å². The van der Waals surface area contributed by atoms with Crippen molar-refractivity contribution in [2.75, 3.05) is 39.6 Å². The Morgan fingerprint density at radius 1 is 0.303 bits per heavy atom. The highest BCUT2D eigenvalue weighted by Gasteiger charge is 2.30. The van der Waals surface area contributed by atoms with Crippen LogP contribution in [0.15, 0.2) is 0 Å². The van der Waals surface area contributed by atoms with Gasteiger partial charge in [0.15, 0.2) is 12.2 Å². The van der Waals surface area contributed by atoms with E-state index in [-0.39, 0.29) is 25.7 Å². The van der Waals surface area contributed by atoms with Crippen LogP contribution in [0.2, 0.25) is 0 Å². The second kappa shape index (κ2) is 63.5. The van der Waals surface area contributed by atoms with Crippen molar-refractivity contribution in [1.82, 2.24) is 0 Å². The minimum Gasteiger partial charge on any atom is -0.462 e. The van der Waals surface area contributed by atoms with E-state index in [1.807, 2.05) is 0 Å². The highest BCUT2D eigenvalue weighted by Crippen LogP contribution is 2.45. The molecule has 0 aromatic heterocycles. The fourth-order valence-corrected chi connectivity index (χ4v) is 12.2. The molecular formula is C70H136O17P2. The fourth-order valence-electron chi connectivity index (χ4n) is 10.6. The summed E-state index contributed by atoms with van der Waals surface area (Å²) in [6.07, 6.45) is 49.7. The number of esters is 4. The highest BCUT2D eigenvalue weighted by atomic mass is 31.2. The van der Waals surface area contributed by atoms with Crippen molar-refractivity contribution in [3.05, 3.63) is 0 Å². The molecule has 0 fully saturated rings. The van der Waals surface area contributed by atoms with E-state index in [0.717, 1.165) is 95.8 Å². The Morgan fingerprint density at radius 3 is 0.764 bits per heavy atom. The van der Waals surface area contributed by atoms with Gasteiger partial charge in [0.25, 0.3) is 0 Å². The van der Waals surface area contributed by atoms with E-state index in [9.17, 15) is 43.2 Å². The Morgan fingerprint density at radius 2 is 0.517 bits per heavy atom. The number of unbranched alkanes of at least 4 members (excludes halogenated alkanes) is 42. The van der Waals surface area contributed by atoms with Crippen LogP contribution in [0.4, 0.5) is 0 Å². The third-order valence-electron chi connectivity index (χ3n) is 16.3. The molecule has 0 radical (unpaired) electrons. The van der Waals surface area contributed by atoms with Crippen LogP contribution in [0.25, 0.3) is 0 Å². The summed E-state index contributed by atoms with van der Waals surface area (Å²) >= 11 is 0. The minimum atomic E-state index is -4.95. The number of phosphoric ester groups is 2. The zero-order valence-corrected chi connectivity index (χ0v) is 59.4. The Bertz CT molecular complexity index is 1720. The Hall–Kier alpha value is -1.94. The lowest BCUT2D eigenvalue weighted by molar-refractivity contribution is -0.161. The molecule has 0 aliphatic rings. The van der Waals surface area contributed by atoms with E-state index in [1.165, 1.54) is 186 Å². The normalized spacial score (nSPS) is 14.1. The van der Waals surface area contributed by atoms with Crippen LogP contribution >= 0.6 is 15.6 Å². The predicted molar refractivity (Wildman–Crippen MR) is 358 cm³/mol. The zero-order valence-electron chi connectivity index (χ0n) is 57.6. The molecule has 528 valence electrons. The molecule has 5 atom stereocenters. The SMILES string of the molecule is CCCCCCCCCCCCCCCC(=O)OC[C@H](COP(=O)(O)OC[C@@H](O)COP(=O)(O)OC[C@@H](COC(=O)CCCCCCCCCCCCC)OC(=O)CCCCCCCCCCCCC)OC(=O)CCCCCCCCCCCCCC(C)C. The molecule has 0 rings (SSSR count). The van der Waals surface area contributed by atoms with Crippen molar-refractivity contribution in [2.45, 2.75) is 380 Å². The summed E-state index contributed by atoms with van der Waals surface area (Å²) in [5.74, 6) is -1.35. The minimum absolute atomic E-state index is 0.107. The van der Waals surface area contributed by atoms with E-state index in [1.54, 1.807) is 0 Å². The van der Waals surface area contributed by atoms with E-state index >= 15 is 0 Å². The maximum absolute atomic E-state index is 13.0.